The minimum absolute atomic E-state index is 0.00545. The van der Waals surface area contributed by atoms with Crippen LogP contribution in [0.15, 0.2) is 42.5 Å². The van der Waals surface area contributed by atoms with Gasteiger partial charge in [0.05, 0.1) is 5.92 Å². The van der Waals surface area contributed by atoms with Crippen LogP contribution in [0.2, 0.25) is 0 Å². The summed E-state index contributed by atoms with van der Waals surface area (Å²) in [5.74, 6) is -0.125. The van der Waals surface area contributed by atoms with Crippen LogP contribution in [-0.2, 0) is 11.3 Å². The lowest BCUT2D eigenvalue weighted by atomic mass is 9.96. The molecule has 0 aliphatic carbocycles. The second-order valence-corrected chi connectivity index (χ2v) is 6.94. The van der Waals surface area contributed by atoms with Crippen molar-refractivity contribution in [3.63, 3.8) is 0 Å². The predicted octanol–water partition coefficient (Wildman–Crippen LogP) is 4.29. The number of halogens is 1. The number of rotatable bonds is 4. The van der Waals surface area contributed by atoms with Crippen molar-refractivity contribution >= 4 is 11.6 Å². The highest BCUT2D eigenvalue weighted by Gasteiger charge is 2.26. The van der Waals surface area contributed by atoms with Crippen molar-refractivity contribution in [3.8, 4) is 0 Å². The van der Waals surface area contributed by atoms with Crippen molar-refractivity contribution in [1.29, 1.82) is 0 Å². The molecule has 2 aromatic carbocycles. The van der Waals surface area contributed by atoms with E-state index in [2.05, 4.69) is 23.2 Å². The van der Waals surface area contributed by atoms with Gasteiger partial charge in [-0.1, -0.05) is 24.3 Å². The highest BCUT2D eigenvalue weighted by atomic mass is 19.1. The highest BCUT2D eigenvalue weighted by Crippen LogP contribution is 2.23. The first-order valence-corrected chi connectivity index (χ1v) is 8.87. The molecule has 3 nitrogen and oxygen atoms in total. The van der Waals surface area contributed by atoms with E-state index in [0.29, 0.717) is 0 Å². The molecule has 1 amide bonds. The van der Waals surface area contributed by atoms with E-state index in [4.69, 9.17) is 0 Å². The fraction of sp³-hybridized carbons (Fsp3) is 0.381. The highest BCUT2D eigenvalue weighted by molar-refractivity contribution is 5.93. The number of carbonyl (C=O) groups excluding carboxylic acids is 1. The van der Waals surface area contributed by atoms with E-state index in [1.54, 1.807) is 0 Å². The smallest absolute Gasteiger partial charge is 0.228 e. The molecule has 1 fully saturated rings. The molecule has 0 spiro atoms. The van der Waals surface area contributed by atoms with E-state index in [9.17, 15) is 9.18 Å². The van der Waals surface area contributed by atoms with Crippen LogP contribution >= 0.6 is 0 Å². The van der Waals surface area contributed by atoms with Crippen LogP contribution in [0.5, 0.6) is 0 Å². The Morgan fingerprint density at radius 2 is 1.96 bits per heavy atom. The van der Waals surface area contributed by atoms with Crippen molar-refractivity contribution < 1.29 is 9.18 Å². The third-order valence-corrected chi connectivity index (χ3v) is 5.06. The van der Waals surface area contributed by atoms with Gasteiger partial charge in [-0.25, -0.2) is 4.39 Å². The number of hydrogen-bond acceptors (Lipinski definition) is 2. The molecule has 2 aromatic rings. The summed E-state index contributed by atoms with van der Waals surface area (Å²) >= 11 is 0. The predicted molar refractivity (Wildman–Crippen MR) is 98.9 cm³/mol. The van der Waals surface area contributed by atoms with Crippen LogP contribution in [0.1, 0.15) is 29.5 Å². The lowest BCUT2D eigenvalue weighted by Gasteiger charge is -2.32. The van der Waals surface area contributed by atoms with Crippen LogP contribution in [0.3, 0.4) is 0 Å². The van der Waals surface area contributed by atoms with Crippen LogP contribution in [-0.4, -0.2) is 23.9 Å². The zero-order chi connectivity index (χ0) is 17.8. The van der Waals surface area contributed by atoms with E-state index in [0.717, 1.165) is 49.3 Å². The van der Waals surface area contributed by atoms with Gasteiger partial charge in [-0.05, 0) is 68.1 Å². The number of amides is 1. The largest absolute Gasteiger partial charge is 0.326 e. The first-order chi connectivity index (χ1) is 12.0. The number of nitrogens with zero attached hydrogens (tertiary/aromatic N) is 1. The first-order valence-electron chi connectivity index (χ1n) is 8.87. The Bertz CT molecular complexity index is 742. The van der Waals surface area contributed by atoms with E-state index in [-0.39, 0.29) is 17.6 Å². The number of nitrogens with one attached hydrogen (secondary N) is 1. The number of anilines is 1. The number of likely N-dealkylation sites (tertiary alicyclic amines) is 1. The molecule has 3 rings (SSSR count). The number of carbonyl (C=O) groups is 1. The lowest BCUT2D eigenvalue weighted by Crippen LogP contribution is -2.40. The number of piperidine rings is 1. The van der Waals surface area contributed by atoms with Gasteiger partial charge in [0.1, 0.15) is 5.82 Å². The Hall–Kier alpha value is -2.20. The third kappa shape index (κ3) is 4.45. The molecular formula is C21H25FN2O. The standard InChI is InChI=1S/C21H25FN2O/c1-15-5-3-7-20(16(15)2)23-21(25)18-6-4-12-24(14-18)13-17-8-10-19(22)11-9-17/h3,5,7-11,18H,4,6,12-14H2,1-2H3,(H,23,25)/t18-/m0/s1. The Labute approximate surface area is 148 Å². The fourth-order valence-electron chi connectivity index (χ4n) is 3.38. The Kier molecular flexibility index (Phi) is 5.49. The molecule has 1 N–H and O–H groups in total. The maximum Gasteiger partial charge on any atom is 0.228 e. The summed E-state index contributed by atoms with van der Waals surface area (Å²) in [5.41, 5.74) is 4.28. The van der Waals surface area contributed by atoms with Gasteiger partial charge in [-0.15, -0.1) is 0 Å². The molecule has 0 unspecified atom stereocenters. The molecule has 132 valence electrons. The summed E-state index contributed by atoms with van der Waals surface area (Å²) in [6, 6.07) is 12.6. The molecule has 1 saturated heterocycles. The second-order valence-electron chi connectivity index (χ2n) is 6.94. The van der Waals surface area contributed by atoms with Crippen molar-refractivity contribution in [2.24, 2.45) is 5.92 Å². The molecule has 1 heterocycles. The summed E-state index contributed by atoms with van der Waals surface area (Å²) in [6.45, 7) is 6.56. The third-order valence-electron chi connectivity index (χ3n) is 5.06. The monoisotopic (exact) mass is 340 g/mol. The van der Waals surface area contributed by atoms with Gasteiger partial charge < -0.3 is 5.32 Å². The Balaban J connectivity index is 1.61. The van der Waals surface area contributed by atoms with Gasteiger partial charge in [0.25, 0.3) is 0 Å². The van der Waals surface area contributed by atoms with E-state index < -0.39 is 0 Å². The molecule has 1 aliphatic rings. The molecule has 0 radical (unpaired) electrons. The Morgan fingerprint density at radius 3 is 2.72 bits per heavy atom. The quantitative estimate of drug-likeness (QED) is 0.900. The number of aryl methyl sites for hydroxylation is 1. The lowest BCUT2D eigenvalue weighted by molar-refractivity contribution is -0.121. The van der Waals surface area contributed by atoms with Crippen LogP contribution in [0, 0.1) is 25.6 Å². The maximum absolute atomic E-state index is 13.0. The van der Waals surface area contributed by atoms with Crippen LogP contribution < -0.4 is 5.32 Å². The Morgan fingerprint density at radius 1 is 1.20 bits per heavy atom. The van der Waals surface area contributed by atoms with Crippen molar-refractivity contribution in [2.75, 3.05) is 18.4 Å². The van der Waals surface area contributed by atoms with Crippen LogP contribution in [0.4, 0.5) is 10.1 Å². The molecule has 4 heteroatoms. The van der Waals surface area contributed by atoms with Crippen molar-refractivity contribution in [2.45, 2.75) is 33.2 Å². The first kappa shape index (κ1) is 17.6. The molecule has 0 saturated carbocycles. The van der Waals surface area contributed by atoms with Crippen LogP contribution in [0.25, 0.3) is 0 Å². The van der Waals surface area contributed by atoms with E-state index >= 15 is 0 Å². The van der Waals surface area contributed by atoms with Gasteiger partial charge in [-0.3, -0.25) is 9.69 Å². The summed E-state index contributed by atoms with van der Waals surface area (Å²) in [7, 11) is 0. The van der Waals surface area contributed by atoms with Gasteiger partial charge in [-0.2, -0.15) is 0 Å². The molecular weight excluding hydrogens is 315 g/mol. The molecule has 1 aliphatic heterocycles. The molecule has 0 bridgehead atoms. The van der Waals surface area contributed by atoms with Gasteiger partial charge in [0.15, 0.2) is 0 Å². The second kappa shape index (κ2) is 7.79. The molecule has 0 aromatic heterocycles. The summed E-state index contributed by atoms with van der Waals surface area (Å²) < 4.78 is 13.0. The van der Waals surface area contributed by atoms with Crippen molar-refractivity contribution in [3.05, 3.63) is 65.0 Å². The van der Waals surface area contributed by atoms with Gasteiger partial charge in [0, 0.05) is 18.8 Å². The van der Waals surface area contributed by atoms with Crippen molar-refractivity contribution in [1.82, 2.24) is 4.90 Å². The number of benzene rings is 2. The SMILES string of the molecule is Cc1cccc(NC(=O)[C@H]2CCCN(Cc3ccc(F)cc3)C2)c1C. The zero-order valence-electron chi connectivity index (χ0n) is 14.9. The number of hydrogen-bond donors (Lipinski definition) is 1. The summed E-state index contributed by atoms with van der Waals surface area (Å²) in [5, 5.41) is 3.10. The fourth-order valence-corrected chi connectivity index (χ4v) is 3.38. The van der Waals surface area contributed by atoms with Gasteiger partial charge in [0.2, 0.25) is 5.91 Å². The maximum atomic E-state index is 13.0. The average molecular weight is 340 g/mol. The topological polar surface area (TPSA) is 32.3 Å². The van der Waals surface area contributed by atoms with E-state index in [1.807, 2.05) is 31.2 Å². The van der Waals surface area contributed by atoms with Gasteiger partial charge >= 0.3 is 0 Å². The summed E-state index contributed by atoms with van der Waals surface area (Å²) in [4.78, 5) is 15.0. The summed E-state index contributed by atoms with van der Waals surface area (Å²) in [6.07, 6.45) is 1.92. The average Bonchev–Trinajstić information content (AvgIpc) is 2.61. The van der Waals surface area contributed by atoms with E-state index in [1.165, 1.54) is 17.7 Å². The minimum atomic E-state index is -0.215. The zero-order valence-corrected chi connectivity index (χ0v) is 14.9. The minimum Gasteiger partial charge on any atom is -0.326 e. The molecule has 25 heavy (non-hydrogen) atoms. The molecule has 1 atom stereocenters. The normalized spacial score (nSPS) is 18.1.